The lowest BCUT2D eigenvalue weighted by molar-refractivity contribution is -0.133. The molecule has 0 aromatic heterocycles. The number of fused-ring (bicyclic) bond motifs is 3. The molecule has 0 radical (unpaired) electrons. The van der Waals surface area contributed by atoms with Crippen molar-refractivity contribution in [2.75, 3.05) is 11.9 Å². The van der Waals surface area contributed by atoms with Gasteiger partial charge in [-0.05, 0) is 29.8 Å². The van der Waals surface area contributed by atoms with E-state index in [-0.39, 0.29) is 37.1 Å². The SMILES string of the molecule is CN1C(=O)c2ccccc2N2C(=O)CC[C@]12C(=O)NCc1cccc(Cl)c1. The molecule has 4 rings (SSSR count). The van der Waals surface area contributed by atoms with Crippen LogP contribution in [-0.2, 0) is 16.1 Å². The summed E-state index contributed by atoms with van der Waals surface area (Å²) < 4.78 is 0. The lowest BCUT2D eigenvalue weighted by Gasteiger charge is -2.47. The minimum Gasteiger partial charge on any atom is -0.348 e. The molecule has 7 heteroatoms. The zero-order valence-electron chi connectivity index (χ0n) is 14.7. The van der Waals surface area contributed by atoms with Crippen LogP contribution in [0.15, 0.2) is 48.5 Å². The molecule has 0 aliphatic carbocycles. The zero-order chi connectivity index (χ0) is 19.2. The fourth-order valence-corrected chi connectivity index (χ4v) is 4.11. The summed E-state index contributed by atoms with van der Waals surface area (Å²) in [7, 11) is 1.57. The van der Waals surface area contributed by atoms with Gasteiger partial charge in [0.15, 0.2) is 0 Å². The number of hydrogen-bond acceptors (Lipinski definition) is 3. The van der Waals surface area contributed by atoms with Crippen LogP contribution in [-0.4, -0.2) is 35.3 Å². The van der Waals surface area contributed by atoms with Crippen LogP contribution in [0.4, 0.5) is 5.69 Å². The van der Waals surface area contributed by atoms with Crippen LogP contribution in [0.25, 0.3) is 0 Å². The van der Waals surface area contributed by atoms with Crippen LogP contribution >= 0.6 is 11.6 Å². The van der Waals surface area contributed by atoms with Gasteiger partial charge in [0, 0.05) is 31.5 Å². The van der Waals surface area contributed by atoms with Crippen molar-refractivity contribution in [1.82, 2.24) is 10.2 Å². The molecule has 0 unspecified atom stereocenters. The maximum absolute atomic E-state index is 13.2. The summed E-state index contributed by atoms with van der Waals surface area (Å²) in [5.41, 5.74) is 0.406. The third-order valence-electron chi connectivity index (χ3n) is 5.25. The Balaban J connectivity index is 1.70. The molecule has 6 nitrogen and oxygen atoms in total. The average molecular weight is 384 g/mol. The molecule has 3 amide bonds. The molecule has 138 valence electrons. The second-order valence-corrected chi connectivity index (χ2v) is 7.18. The van der Waals surface area contributed by atoms with Crippen LogP contribution in [0.2, 0.25) is 5.02 Å². The first kappa shape index (κ1) is 17.5. The Morgan fingerprint density at radius 1 is 1.19 bits per heavy atom. The number of benzene rings is 2. The summed E-state index contributed by atoms with van der Waals surface area (Å²) in [6.45, 7) is 0.257. The van der Waals surface area contributed by atoms with Gasteiger partial charge in [0.2, 0.25) is 11.6 Å². The van der Waals surface area contributed by atoms with E-state index >= 15 is 0 Å². The number of nitrogens with zero attached hydrogens (tertiary/aromatic N) is 2. The van der Waals surface area contributed by atoms with Gasteiger partial charge in [-0.25, -0.2) is 0 Å². The Morgan fingerprint density at radius 2 is 1.96 bits per heavy atom. The number of para-hydroxylation sites is 1. The predicted molar refractivity (Wildman–Crippen MR) is 101 cm³/mol. The summed E-state index contributed by atoms with van der Waals surface area (Å²) in [5.74, 6) is -0.812. The number of halogens is 1. The van der Waals surface area contributed by atoms with Crippen molar-refractivity contribution in [2.24, 2.45) is 0 Å². The van der Waals surface area contributed by atoms with E-state index in [0.717, 1.165) is 5.56 Å². The average Bonchev–Trinajstić information content (AvgIpc) is 3.03. The highest BCUT2D eigenvalue weighted by molar-refractivity contribution is 6.30. The number of nitrogens with one attached hydrogen (secondary N) is 1. The van der Waals surface area contributed by atoms with Crippen molar-refractivity contribution in [1.29, 1.82) is 0 Å². The van der Waals surface area contributed by atoms with Crippen molar-refractivity contribution in [3.8, 4) is 0 Å². The Morgan fingerprint density at radius 3 is 2.74 bits per heavy atom. The summed E-state index contributed by atoms with van der Waals surface area (Å²) in [4.78, 5) is 41.6. The molecule has 27 heavy (non-hydrogen) atoms. The molecular weight excluding hydrogens is 366 g/mol. The minimum absolute atomic E-state index is 0.167. The Bertz CT molecular complexity index is 961. The van der Waals surface area contributed by atoms with E-state index in [2.05, 4.69) is 5.32 Å². The third-order valence-corrected chi connectivity index (χ3v) is 5.48. The number of carbonyl (C=O) groups excluding carboxylic acids is 3. The van der Waals surface area contributed by atoms with Gasteiger partial charge in [-0.3, -0.25) is 19.3 Å². The summed E-state index contributed by atoms with van der Waals surface area (Å²) >= 11 is 6.00. The Kier molecular flexibility index (Phi) is 4.15. The molecule has 1 saturated heterocycles. The summed E-state index contributed by atoms with van der Waals surface area (Å²) in [6, 6.07) is 14.1. The van der Waals surface area contributed by atoms with Gasteiger partial charge in [-0.2, -0.15) is 0 Å². The maximum Gasteiger partial charge on any atom is 0.267 e. The Labute approximate surface area is 161 Å². The van der Waals surface area contributed by atoms with E-state index in [9.17, 15) is 14.4 Å². The second kappa shape index (κ2) is 6.39. The normalized spacial score (nSPS) is 21.1. The summed E-state index contributed by atoms with van der Waals surface area (Å²) in [5, 5.41) is 3.46. The van der Waals surface area contributed by atoms with Crippen LogP contribution in [0.1, 0.15) is 28.8 Å². The van der Waals surface area contributed by atoms with Gasteiger partial charge in [-0.1, -0.05) is 35.9 Å². The quantitative estimate of drug-likeness (QED) is 0.885. The van der Waals surface area contributed by atoms with E-state index in [4.69, 9.17) is 11.6 Å². The van der Waals surface area contributed by atoms with Gasteiger partial charge in [-0.15, -0.1) is 0 Å². The first-order valence-corrected chi connectivity index (χ1v) is 9.06. The molecule has 2 aromatic carbocycles. The molecule has 1 fully saturated rings. The van der Waals surface area contributed by atoms with Crippen molar-refractivity contribution in [3.63, 3.8) is 0 Å². The highest BCUT2D eigenvalue weighted by Crippen LogP contribution is 2.43. The number of hydrogen-bond donors (Lipinski definition) is 1. The van der Waals surface area contributed by atoms with Crippen molar-refractivity contribution < 1.29 is 14.4 Å². The highest BCUT2D eigenvalue weighted by atomic mass is 35.5. The van der Waals surface area contributed by atoms with Gasteiger partial charge in [0.1, 0.15) is 0 Å². The minimum atomic E-state index is -1.35. The molecular formula is C20H18ClN3O3. The third kappa shape index (κ3) is 2.59. The van der Waals surface area contributed by atoms with Crippen molar-refractivity contribution in [2.45, 2.75) is 25.0 Å². The van der Waals surface area contributed by atoms with Gasteiger partial charge in [0.05, 0.1) is 11.3 Å². The number of likely N-dealkylation sites (N-methyl/N-ethyl adjacent to an activating group) is 1. The first-order valence-electron chi connectivity index (χ1n) is 8.68. The first-order chi connectivity index (χ1) is 12.9. The van der Waals surface area contributed by atoms with Crippen molar-refractivity contribution >= 4 is 35.0 Å². The van der Waals surface area contributed by atoms with Crippen molar-refractivity contribution in [3.05, 3.63) is 64.7 Å². The number of carbonyl (C=O) groups is 3. The van der Waals surface area contributed by atoms with E-state index in [0.29, 0.717) is 16.3 Å². The molecule has 2 aliphatic rings. The second-order valence-electron chi connectivity index (χ2n) is 6.74. The lowest BCUT2D eigenvalue weighted by atomic mass is 9.96. The van der Waals surface area contributed by atoms with Crippen LogP contribution in [0, 0.1) is 0 Å². The topological polar surface area (TPSA) is 69.7 Å². The summed E-state index contributed by atoms with van der Waals surface area (Å²) in [6.07, 6.45) is 0.459. The monoisotopic (exact) mass is 383 g/mol. The maximum atomic E-state index is 13.2. The predicted octanol–water partition coefficient (Wildman–Crippen LogP) is 2.57. The number of amides is 3. The zero-order valence-corrected chi connectivity index (χ0v) is 15.5. The fourth-order valence-electron chi connectivity index (χ4n) is 3.90. The van der Waals surface area contributed by atoms with Crippen LogP contribution in [0.3, 0.4) is 0 Å². The molecule has 0 spiro atoms. The number of anilines is 1. The van der Waals surface area contributed by atoms with Crippen LogP contribution in [0.5, 0.6) is 0 Å². The van der Waals surface area contributed by atoms with Gasteiger partial charge in [0.25, 0.3) is 11.8 Å². The number of rotatable bonds is 3. The van der Waals surface area contributed by atoms with E-state index in [1.54, 1.807) is 49.5 Å². The van der Waals surface area contributed by atoms with E-state index < -0.39 is 5.66 Å². The molecule has 0 saturated carbocycles. The molecule has 2 aliphatic heterocycles. The Hall–Kier alpha value is -2.86. The van der Waals surface area contributed by atoms with E-state index in [1.165, 1.54) is 9.80 Å². The molecule has 0 bridgehead atoms. The van der Waals surface area contributed by atoms with Crippen LogP contribution < -0.4 is 10.2 Å². The van der Waals surface area contributed by atoms with Gasteiger partial charge < -0.3 is 10.2 Å². The standard InChI is InChI=1S/C20H18ClN3O3/c1-23-18(26)15-7-2-3-8-16(15)24-17(25)9-10-20(23,24)19(27)22-12-13-5-4-6-14(21)11-13/h2-8,11H,9-10,12H2,1H3,(H,22,27)/t20-/m0/s1. The largest absolute Gasteiger partial charge is 0.348 e. The molecule has 2 aromatic rings. The molecule has 1 atom stereocenters. The lowest BCUT2D eigenvalue weighted by Crippen LogP contribution is -2.69. The molecule has 1 N–H and O–H groups in total. The fraction of sp³-hybridized carbons (Fsp3) is 0.250. The highest BCUT2D eigenvalue weighted by Gasteiger charge is 2.59. The van der Waals surface area contributed by atoms with E-state index in [1.807, 2.05) is 6.07 Å². The van der Waals surface area contributed by atoms with Gasteiger partial charge >= 0.3 is 0 Å². The smallest absolute Gasteiger partial charge is 0.267 e. The molecule has 2 heterocycles.